The van der Waals surface area contributed by atoms with Gasteiger partial charge in [0.05, 0.1) is 5.41 Å². The van der Waals surface area contributed by atoms with Crippen LogP contribution in [0.15, 0.2) is 18.2 Å². The fraction of sp³-hybridized carbons (Fsp3) is 0.462. The Hall–Kier alpha value is -1.13. The lowest BCUT2D eigenvalue weighted by Gasteiger charge is -2.33. The largest absolute Gasteiger partial charge is 0.481 e. The van der Waals surface area contributed by atoms with Gasteiger partial charge in [-0.1, -0.05) is 17.7 Å². The summed E-state index contributed by atoms with van der Waals surface area (Å²) in [5, 5.41) is 12.9. The van der Waals surface area contributed by atoms with Crippen molar-refractivity contribution in [1.82, 2.24) is 5.32 Å². The van der Waals surface area contributed by atoms with E-state index in [0.29, 0.717) is 36.5 Å². The molecule has 0 radical (unpaired) electrons. The van der Waals surface area contributed by atoms with Crippen molar-refractivity contribution in [3.63, 3.8) is 0 Å². The van der Waals surface area contributed by atoms with Gasteiger partial charge >= 0.3 is 5.97 Å². The fourth-order valence-electron chi connectivity index (χ4n) is 2.40. The molecule has 1 aromatic rings. The van der Waals surface area contributed by atoms with Crippen LogP contribution in [-0.4, -0.2) is 24.2 Å². The highest BCUT2D eigenvalue weighted by Gasteiger charge is 2.40. The number of aliphatic carboxylic acids is 1. The number of hydrogen-bond donors (Lipinski definition) is 2. The molecule has 98 valence electrons. The van der Waals surface area contributed by atoms with Crippen molar-refractivity contribution in [2.75, 3.05) is 13.1 Å². The van der Waals surface area contributed by atoms with E-state index in [1.54, 1.807) is 12.1 Å². The molecule has 3 nitrogen and oxygen atoms in total. The molecule has 5 heteroatoms. The molecular formula is C13H15ClFNO2. The highest BCUT2D eigenvalue weighted by Crippen LogP contribution is 2.34. The molecule has 1 fully saturated rings. The van der Waals surface area contributed by atoms with Crippen LogP contribution in [-0.2, 0) is 11.2 Å². The highest BCUT2D eigenvalue weighted by molar-refractivity contribution is 6.30. The van der Waals surface area contributed by atoms with Crippen molar-refractivity contribution in [3.8, 4) is 0 Å². The topological polar surface area (TPSA) is 49.3 Å². The summed E-state index contributed by atoms with van der Waals surface area (Å²) >= 11 is 5.69. The number of nitrogens with one attached hydrogen (secondary N) is 1. The van der Waals surface area contributed by atoms with Crippen LogP contribution in [0.4, 0.5) is 4.39 Å². The molecule has 1 heterocycles. The van der Waals surface area contributed by atoms with E-state index < -0.39 is 17.2 Å². The first-order valence-electron chi connectivity index (χ1n) is 5.92. The monoisotopic (exact) mass is 271 g/mol. The van der Waals surface area contributed by atoms with Crippen molar-refractivity contribution in [1.29, 1.82) is 0 Å². The van der Waals surface area contributed by atoms with Crippen LogP contribution < -0.4 is 5.32 Å². The van der Waals surface area contributed by atoms with E-state index in [1.807, 2.05) is 0 Å². The van der Waals surface area contributed by atoms with Crippen LogP contribution in [0, 0.1) is 11.2 Å². The lowest BCUT2D eigenvalue weighted by Crippen LogP contribution is -2.43. The van der Waals surface area contributed by atoms with Crippen LogP contribution in [0.5, 0.6) is 0 Å². The van der Waals surface area contributed by atoms with E-state index in [1.165, 1.54) is 6.07 Å². The molecule has 1 aliphatic rings. The third-order valence-corrected chi connectivity index (χ3v) is 3.79. The maximum Gasteiger partial charge on any atom is 0.310 e. The maximum atomic E-state index is 13.7. The summed E-state index contributed by atoms with van der Waals surface area (Å²) in [6.45, 7) is 1.31. The third kappa shape index (κ3) is 2.65. The van der Waals surface area contributed by atoms with Crippen LogP contribution in [0.2, 0.25) is 5.02 Å². The van der Waals surface area contributed by atoms with Gasteiger partial charge in [-0.05, 0) is 50.0 Å². The number of piperidine rings is 1. The summed E-state index contributed by atoms with van der Waals surface area (Å²) in [4.78, 5) is 11.5. The molecule has 0 aromatic heterocycles. The van der Waals surface area contributed by atoms with Crippen molar-refractivity contribution in [2.24, 2.45) is 5.41 Å². The Kier molecular flexibility index (Phi) is 3.88. The summed E-state index contributed by atoms with van der Waals surface area (Å²) in [7, 11) is 0. The van der Waals surface area contributed by atoms with Gasteiger partial charge in [0.1, 0.15) is 5.82 Å². The van der Waals surface area contributed by atoms with E-state index in [0.717, 1.165) is 0 Å². The highest BCUT2D eigenvalue weighted by atomic mass is 35.5. The summed E-state index contributed by atoms with van der Waals surface area (Å²) < 4.78 is 13.7. The number of rotatable bonds is 3. The molecule has 0 spiro atoms. The fourth-order valence-corrected chi connectivity index (χ4v) is 2.56. The predicted octanol–water partition coefficient (Wildman–Crippen LogP) is 2.48. The van der Waals surface area contributed by atoms with Crippen LogP contribution in [0.25, 0.3) is 0 Å². The minimum Gasteiger partial charge on any atom is -0.481 e. The zero-order chi connectivity index (χ0) is 13.2. The number of carboxylic acids is 1. The molecule has 2 rings (SSSR count). The van der Waals surface area contributed by atoms with Gasteiger partial charge in [0.15, 0.2) is 0 Å². The summed E-state index contributed by atoms with van der Waals surface area (Å²) in [6.07, 6.45) is 1.25. The van der Waals surface area contributed by atoms with E-state index in [9.17, 15) is 14.3 Å². The first kappa shape index (κ1) is 13.3. The molecule has 2 N–H and O–H groups in total. The van der Waals surface area contributed by atoms with Crippen molar-refractivity contribution >= 4 is 17.6 Å². The van der Waals surface area contributed by atoms with Crippen molar-refractivity contribution in [3.05, 3.63) is 34.6 Å². The van der Waals surface area contributed by atoms with E-state index in [4.69, 9.17) is 11.6 Å². The van der Waals surface area contributed by atoms with Crippen molar-refractivity contribution < 1.29 is 14.3 Å². The van der Waals surface area contributed by atoms with Crippen molar-refractivity contribution in [2.45, 2.75) is 19.3 Å². The molecule has 1 aliphatic heterocycles. The summed E-state index contributed by atoms with van der Waals surface area (Å²) in [5.74, 6) is -1.28. The predicted molar refractivity (Wildman–Crippen MR) is 67.3 cm³/mol. The van der Waals surface area contributed by atoms with Gasteiger partial charge in [-0.15, -0.1) is 0 Å². The van der Waals surface area contributed by atoms with Crippen LogP contribution in [0.3, 0.4) is 0 Å². The number of carboxylic acid groups (broad SMARTS) is 1. The molecule has 0 saturated carbocycles. The molecule has 0 bridgehead atoms. The quantitative estimate of drug-likeness (QED) is 0.888. The van der Waals surface area contributed by atoms with Gasteiger partial charge in [-0.2, -0.15) is 0 Å². The summed E-state index contributed by atoms with van der Waals surface area (Å²) in [5.41, 5.74) is -0.441. The van der Waals surface area contributed by atoms with Gasteiger partial charge in [-0.3, -0.25) is 4.79 Å². The molecule has 1 aromatic carbocycles. The lowest BCUT2D eigenvalue weighted by molar-refractivity contribution is -0.150. The van der Waals surface area contributed by atoms with Gasteiger partial charge < -0.3 is 10.4 Å². The van der Waals surface area contributed by atoms with E-state index >= 15 is 0 Å². The minimum atomic E-state index is -0.861. The zero-order valence-corrected chi connectivity index (χ0v) is 10.6. The van der Waals surface area contributed by atoms with Gasteiger partial charge in [0, 0.05) is 5.02 Å². The molecule has 1 saturated heterocycles. The maximum absolute atomic E-state index is 13.7. The van der Waals surface area contributed by atoms with Crippen LogP contribution in [0.1, 0.15) is 18.4 Å². The molecule has 0 amide bonds. The second-order valence-electron chi connectivity index (χ2n) is 4.75. The number of hydrogen-bond acceptors (Lipinski definition) is 2. The van der Waals surface area contributed by atoms with Gasteiger partial charge in [0.25, 0.3) is 0 Å². The average Bonchev–Trinajstić information content (AvgIpc) is 2.34. The number of benzene rings is 1. The van der Waals surface area contributed by atoms with Gasteiger partial charge in [0.2, 0.25) is 0 Å². The standard InChI is InChI=1S/C13H15ClFNO2/c14-10-2-1-9(11(15)7-10)8-13(12(17)18)3-5-16-6-4-13/h1-2,7,16H,3-6,8H2,(H,17,18). The molecule has 0 aliphatic carbocycles. The molecule has 18 heavy (non-hydrogen) atoms. The van der Waals surface area contributed by atoms with E-state index in [-0.39, 0.29) is 6.42 Å². The average molecular weight is 272 g/mol. The smallest absolute Gasteiger partial charge is 0.310 e. The Morgan fingerprint density at radius 3 is 2.67 bits per heavy atom. The van der Waals surface area contributed by atoms with E-state index in [2.05, 4.69) is 5.32 Å². The Bertz CT molecular complexity index is 458. The Labute approximate surface area is 110 Å². The second kappa shape index (κ2) is 5.24. The minimum absolute atomic E-state index is 0.215. The normalized spacial score (nSPS) is 18.6. The third-order valence-electron chi connectivity index (χ3n) is 3.56. The van der Waals surface area contributed by atoms with Crippen LogP contribution >= 0.6 is 11.6 Å². The number of carbonyl (C=O) groups is 1. The Balaban J connectivity index is 2.26. The second-order valence-corrected chi connectivity index (χ2v) is 5.18. The molecule has 0 atom stereocenters. The number of halogens is 2. The summed E-state index contributed by atoms with van der Waals surface area (Å²) in [6, 6.07) is 4.40. The van der Waals surface area contributed by atoms with Gasteiger partial charge in [-0.25, -0.2) is 4.39 Å². The Morgan fingerprint density at radius 1 is 1.44 bits per heavy atom. The first-order valence-corrected chi connectivity index (χ1v) is 6.29. The lowest BCUT2D eigenvalue weighted by atomic mass is 9.74. The SMILES string of the molecule is O=C(O)C1(Cc2ccc(Cl)cc2F)CCNCC1. The Morgan fingerprint density at radius 2 is 2.11 bits per heavy atom. The zero-order valence-electron chi connectivity index (χ0n) is 9.88. The molecular weight excluding hydrogens is 257 g/mol. The first-order chi connectivity index (χ1) is 8.53. The molecule has 0 unspecified atom stereocenters.